The number of aromatic hydroxyl groups is 1. The Hall–Kier alpha value is -2.33. The predicted molar refractivity (Wildman–Crippen MR) is 143 cm³/mol. The van der Waals surface area contributed by atoms with Gasteiger partial charge < -0.3 is 19.7 Å². The number of unbranched alkanes of at least 4 members (excludes halogenated alkanes) is 7. The van der Waals surface area contributed by atoms with Crippen molar-refractivity contribution in [1.29, 1.82) is 0 Å². The number of aromatic nitrogens is 2. The van der Waals surface area contributed by atoms with Gasteiger partial charge in [-0.15, -0.1) is 0 Å². The highest BCUT2D eigenvalue weighted by Gasteiger charge is 2.23. The van der Waals surface area contributed by atoms with Crippen LogP contribution < -0.4 is 5.69 Å². The number of ether oxygens (including phenoxy) is 2. The number of esters is 2. The predicted octanol–water partition coefficient (Wildman–Crippen LogP) is 3.14. The molecule has 0 aliphatic heterocycles. The minimum absolute atomic E-state index is 0.00569. The van der Waals surface area contributed by atoms with Crippen LogP contribution in [0.25, 0.3) is 0 Å². The minimum Gasteiger partial charge on any atom is -0.493 e. The van der Waals surface area contributed by atoms with E-state index in [1.54, 1.807) is 16.5 Å². The van der Waals surface area contributed by atoms with Crippen LogP contribution in [-0.2, 0) is 39.1 Å². The first-order chi connectivity index (χ1) is 17.6. The second kappa shape index (κ2) is 17.2. The summed E-state index contributed by atoms with van der Waals surface area (Å²) in [5, 5.41) is 21.3. The third-order valence-corrected chi connectivity index (χ3v) is 6.91. The van der Waals surface area contributed by atoms with Crippen molar-refractivity contribution in [3.05, 3.63) is 16.2 Å². The van der Waals surface area contributed by atoms with Crippen LogP contribution in [0.1, 0.15) is 90.2 Å². The molecule has 0 amide bonds. The molecule has 0 aromatic carbocycles. The van der Waals surface area contributed by atoms with E-state index in [0.717, 1.165) is 57.8 Å². The summed E-state index contributed by atoms with van der Waals surface area (Å²) in [6.45, 7) is 5.03. The van der Waals surface area contributed by atoms with Gasteiger partial charge in [-0.05, 0) is 45.6 Å². The van der Waals surface area contributed by atoms with Crippen molar-refractivity contribution in [2.24, 2.45) is 7.05 Å². The van der Waals surface area contributed by atoms with E-state index in [2.05, 4.69) is 6.92 Å². The van der Waals surface area contributed by atoms with Crippen molar-refractivity contribution in [2.45, 2.75) is 103 Å². The van der Waals surface area contributed by atoms with Gasteiger partial charge in [0.1, 0.15) is 0 Å². The van der Waals surface area contributed by atoms with E-state index in [-0.39, 0.29) is 24.7 Å². The van der Waals surface area contributed by atoms with Crippen LogP contribution in [0.4, 0.5) is 0 Å². The molecule has 0 spiro atoms. The molecule has 0 bridgehead atoms. The third kappa shape index (κ3) is 12.2. The van der Waals surface area contributed by atoms with Crippen molar-refractivity contribution in [3.63, 3.8) is 0 Å². The Morgan fingerprint density at radius 1 is 0.919 bits per heavy atom. The lowest BCUT2D eigenvalue weighted by Gasteiger charge is -2.23. The molecular formula is C27H49N3O7. The SMILES string of the molecule is CCCCCCC(C)(O)CCn1c(CCCCCCCN(CC(=O)OC)CC(=O)OC)c(O)n(C)c1=O. The summed E-state index contributed by atoms with van der Waals surface area (Å²) < 4.78 is 12.3. The summed E-state index contributed by atoms with van der Waals surface area (Å²) in [5.74, 6) is -0.792. The molecule has 214 valence electrons. The van der Waals surface area contributed by atoms with Crippen LogP contribution in [-0.4, -0.2) is 75.6 Å². The zero-order valence-corrected chi connectivity index (χ0v) is 23.6. The number of hydrogen-bond donors (Lipinski definition) is 2. The zero-order valence-electron chi connectivity index (χ0n) is 23.6. The number of aliphatic hydroxyl groups is 1. The number of carbonyl (C=O) groups is 2. The fourth-order valence-electron chi connectivity index (χ4n) is 4.46. The molecule has 1 aromatic heterocycles. The molecule has 0 fully saturated rings. The molecule has 10 heteroatoms. The Bertz CT molecular complexity index is 858. The maximum Gasteiger partial charge on any atom is 0.331 e. The van der Waals surface area contributed by atoms with Gasteiger partial charge in [0.25, 0.3) is 0 Å². The summed E-state index contributed by atoms with van der Waals surface area (Å²) in [5.41, 5.74) is -0.479. The zero-order chi connectivity index (χ0) is 27.8. The van der Waals surface area contributed by atoms with Gasteiger partial charge >= 0.3 is 17.6 Å². The van der Waals surface area contributed by atoms with E-state index in [9.17, 15) is 24.6 Å². The number of imidazole rings is 1. The summed E-state index contributed by atoms with van der Waals surface area (Å²) >= 11 is 0. The first-order valence-electron chi connectivity index (χ1n) is 13.6. The maximum absolute atomic E-state index is 12.7. The van der Waals surface area contributed by atoms with E-state index in [1.165, 1.54) is 18.8 Å². The molecule has 1 heterocycles. The molecule has 0 radical (unpaired) electrons. The summed E-state index contributed by atoms with van der Waals surface area (Å²) in [4.78, 5) is 37.5. The average molecular weight is 528 g/mol. The molecular weight excluding hydrogens is 478 g/mol. The van der Waals surface area contributed by atoms with Crippen LogP contribution in [0.15, 0.2) is 4.79 Å². The molecule has 2 N–H and O–H groups in total. The van der Waals surface area contributed by atoms with E-state index in [0.29, 0.717) is 38.0 Å². The maximum atomic E-state index is 12.7. The van der Waals surface area contributed by atoms with Gasteiger partial charge in [0, 0.05) is 13.6 Å². The number of carbonyl (C=O) groups excluding carboxylic acids is 2. The highest BCUT2D eigenvalue weighted by molar-refractivity contribution is 5.74. The van der Waals surface area contributed by atoms with Crippen LogP contribution >= 0.6 is 0 Å². The van der Waals surface area contributed by atoms with Crippen molar-refractivity contribution >= 4 is 11.9 Å². The van der Waals surface area contributed by atoms with Crippen molar-refractivity contribution in [1.82, 2.24) is 14.0 Å². The lowest BCUT2D eigenvalue weighted by molar-refractivity contribution is -0.145. The first kappa shape index (κ1) is 32.7. The molecule has 0 aliphatic rings. The standard InChI is InChI=1S/C27H49N3O7/c1-6-7-8-13-16-27(2,35)17-19-30-22(25(33)28(3)26(30)34)15-12-10-9-11-14-18-29(20-23(31)36-4)21-24(32)37-5/h33,35H,6-21H2,1-5H3. The van der Waals surface area contributed by atoms with E-state index < -0.39 is 17.5 Å². The normalized spacial score (nSPS) is 13.1. The van der Waals surface area contributed by atoms with Gasteiger partial charge in [-0.1, -0.05) is 51.9 Å². The van der Waals surface area contributed by atoms with Crippen LogP contribution in [0.5, 0.6) is 5.88 Å². The van der Waals surface area contributed by atoms with Crippen molar-refractivity contribution in [3.8, 4) is 5.88 Å². The Balaban J connectivity index is 2.52. The second-order valence-electron chi connectivity index (χ2n) is 10.2. The van der Waals surface area contributed by atoms with Gasteiger partial charge in [-0.25, -0.2) is 4.79 Å². The number of nitrogens with zero attached hydrogens (tertiary/aromatic N) is 3. The van der Waals surface area contributed by atoms with Gasteiger partial charge in [0.15, 0.2) is 0 Å². The van der Waals surface area contributed by atoms with Gasteiger partial charge in [0.2, 0.25) is 5.88 Å². The van der Waals surface area contributed by atoms with E-state index in [4.69, 9.17) is 9.47 Å². The fraction of sp³-hybridized carbons (Fsp3) is 0.815. The number of methoxy groups -OCH3 is 2. The average Bonchev–Trinajstić information content (AvgIpc) is 3.07. The van der Waals surface area contributed by atoms with Crippen molar-refractivity contribution in [2.75, 3.05) is 33.9 Å². The van der Waals surface area contributed by atoms with Crippen LogP contribution in [0, 0.1) is 0 Å². The third-order valence-electron chi connectivity index (χ3n) is 6.91. The largest absolute Gasteiger partial charge is 0.493 e. The Labute approximate surface area is 221 Å². The smallest absolute Gasteiger partial charge is 0.331 e. The lowest BCUT2D eigenvalue weighted by Crippen LogP contribution is -2.36. The molecule has 1 atom stereocenters. The molecule has 10 nitrogen and oxygen atoms in total. The minimum atomic E-state index is -0.842. The van der Waals surface area contributed by atoms with E-state index >= 15 is 0 Å². The Morgan fingerprint density at radius 2 is 1.49 bits per heavy atom. The Morgan fingerprint density at radius 3 is 2.08 bits per heavy atom. The van der Waals surface area contributed by atoms with Crippen molar-refractivity contribution < 1.29 is 29.3 Å². The van der Waals surface area contributed by atoms with Gasteiger partial charge in [-0.2, -0.15) is 0 Å². The summed E-state index contributed by atoms with van der Waals surface area (Å²) in [7, 11) is 4.20. The first-order valence-corrected chi connectivity index (χ1v) is 13.6. The highest BCUT2D eigenvalue weighted by Crippen LogP contribution is 2.23. The molecule has 1 aromatic rings. The van der Waals surface area contributed by atoms with Gasteiger partial charge in [0.05, 0.1) is 38.6 Å². The number of hydrogen-bond acceptors (Lipinski definition) is 8. The monoisotopic (exact) mass is 527 g/mol. The lowest BCUT2D eigenvalue weighted by atomic mass is 9.94. The quantitative estimate of drug-likeness (QED) is 0.196. The molecule has 0 saturated heterocycles. The molecule has 1 unspecified atom stereocenters. The molecule has 37 heavy (non-hydrogen) atoms. The molecule has 0 saturated carbocycles. The van der Waals surface area contributed by atoms with Crippen LogP contribution in [0.3, 0.4) is 0 Å². The fourth-order valence-corrected chi connectivity index (χ4v) is 4.46. The number of rotatable bonds is 20. The summed E-state index contributed by atoms with van der Waals surface area (Å²) in [6, 6.07) is 0. The van der Waals surface area contributed by atoms with Gasteiger partial charge in [-0.3, -0.25) is 23.6 Å². The molecule has 0 aliphatic carbocycles. The summed E-state index contributed by atoms with van der Waals surface area (Å²) in [6.07, 6.45) is 10.5. The molecule has 1 rings (SSSR count). The van der Waals surface area contributed by atoms with E-state index in [1.807, 2.05) is 6.92 Å². The Kier molecular flexibility index (Phi) is 15.2. The topological polar surface area (TPSA) is 123 Å². The second-order valence-corrected chi connectivity index (χ2v) is 10.2. The van der Waals surface area contributed by atoms with Crippen LogP contribution in [0.2, 0.25) is 0 Å². The highest BCUT2D eigenvalue weighted by atomic mass is 16.5.